The van der Waals surface area contributed by atoms with Gasteiger partial charge in [0.15, 0.2) is 11.6 Å². The number of pyridine rings is 1. The van der Waals surface area contributed by atoms with Crippen molar-refractivity contribution in [2.24, 2.45) is 0 Å². The van der Waals surface area contributed by atoms with Gasteiger partial charge in [0, 0.05) is 12.4 Å². The van der Waals surface area contributed by atoms with Gasteiger partial charge in [-0.15, -0.1) is 0 Å². The summed E-state index contributed by atoms with van der Waals surface area (Å²) in [5, 5.41) is 5.71. The Morgan fingerprint density at radius 2 is 1.92 bits per heavy atom. The third-order valence-electron chi connectivity index (χ3n) is 3.53. The minimum atomic E-state index is -0.419. The van der Waals surface area contributed by atoms with Crippen LogP contribution in [0.2, 0.25) is 0 Å². The highest BCUT2D eigenvalue weighted by Gasteiger charge is 2.14. The molecule has 0 saturated carbocycles. The number of benzene rings is 1. The molecule has 2 aromatic rings. The summed E-state index contributed by atoms with van der Waals surface area (Å²) in [5.41, 5.74) is 0.998. The van der Waals surface area contributed by atoms with Gasteiger partial charge in [-0.05, 0) is 43.2 Å². The van der Waals surface area contributed by atoms with Crippen LogP contribution in [0.5, 0.6) is 5.75 Å². The molecule has 0 aliphatic rings. The van der Waals surface area contributed by atoms with Crippen LogP contribution < -0.4 is 15.4 Å². The Morgan fingerprint density at radius 1 is 1.21 bits per heavy atom. The van der Waals surface area contributed by atoms with Crippen molar-refractivity contribution in [2.45, 2.75) is 32.4 Å². The molecule has 0 radical (unpaired) electrons. The number of aromatic nitrogens is 1. The van der Waals surface area contributed by atoms with E-state index in [0.717, 1.165) is 12.0 Å². The zero-order chi connectivity index (χ0) is 17.4. The van der Waals surface area contributed by atoms with Gasteiger partial charge in [0.05, 0.1) is 12.1 Å². The molecule has 0 unspecified atom stereocenters. The number of hydrogen-bond donors (Lipinski definition) is 2. The standard InChI is InChI=1S/C18H22FN3O2/c1-3-16(14-8-10-20-11-9-14)22-18(23)21-13(2)12-24-17-7-5-4-6-15(17)19/h4-11,13,16H,3,12H2,1-2H3,(H2,21,22,23)/t13-,16+/m1/s1. The van der Waals surface area contributed by atoms with Gasteiger partial charge < -0.3 is 15.4 Å². The number of carbonyl (C=O) groups is 1. The first-order valence-corrected chi connectivity index (χ1v) is 7.94. The van der Waals surface area contributed by atoms with Crippen molar-refractivity contribution in [1.82, 2.24) is 15.6 Å². The fourth-order valence-corrected chi connectivity index (χ4v) is 2.26. The minimum absolute atomic E-state index is 0.0901. The van der Waals surface area contributed by atoms with Crippen LogP contribution in [-0.4, -0.2) is 23.7 Å². The first-order valence-electron chi connectivity index (χ1n) is 7.94. The molecule has 0 bridgehead atoms. The Balaban J connectivity index is 1.82. The highest BCUT2D eigenvalue weighted by molar-refractivity contribution is 5.74. The fourth-order valence-electron chi connectivity index (χ4n) is 2.26. The number of hydrogen-bond acceptors (Lipinski definition) is 3. The van der Waals surface area contributed by atoms with E-state index in [-0.39, 0.29) is 30.5 Å². The largest absolute Gasteiger partial charge is 0.488 e. The summed E-state index contributed by atoms with van der Waals surface area (Å²) in [6.07, 6.45) is 4.16. The van der Waals surface area contributed by atoms with Crippen LogP contribution >= 0.6 is 0 Å². The van der Waals surface area contributed by atoms with E-state index in [1.807, 2.05) is 19.1 Å². The second-order valence-corrected chi connectivity index (χ2v) is 5.50. The predicted octanol–water partition coefficient (Wildman–Crippen LogP) is 3.44. The smallest absolute Gasteiger partial charge is 0.315 e. The number of nitrogens with one attached hydrogen (secondary N) is 2. The van der Waals surface area contributed by atoms with Crippen LogP contribution in [0.15, 0.2) is 48.8 Å². The molecule has 2 N–H and O–H groups in total. The Hall–Kier alpha value is -2.63. The van der Waals surface area contributed by atoms with Crippen molar-refractivity contribution in [3.05, 3.63) is 60.2 Å². The van der Waals surface area contributed by atoms with E-state index in [2.05, 4.69) is 15.6 Å². The molecule has 1 aromatic carbocycles. The Kier molecular flexibility index (Phi) is 6.54. The Bertz CT molecular complexity index is 652. The number of para-hydroxylation sites is 1. The van der Waals surface area contributed by atoms with Gasteiger partial charge in [-0.1, -0.05) is 19.1 Å². The summed E-state index contributed by atoms with van der Waals surface area (Å²) in [5.74, 6) is -0.243. The van der Waals surface area contributed by atoms with Gasteiger partial charge in [-0.25, -0.2) is 9.18 Å². The zero-order valence-electron chi connectivity index (χ0n) is 13.8. The lowest BCUT2D eigenvalue weighted by atomic mass is 10.1. The Labute approximate surface area is 141 Å². The first-order chi connectivity index (χ1) is 11.6. The number of rotatable bonds is 7. The van der Waals surface area contributed by atoms with Crippen molar-refractivity contribution in [1.29, 1.82) is 0 Å². The molecule has 0 spiro atoms. The van der Waals surface area contributed by atoms with Gasteiger partial charge in [-0.2, -0.15) is 0 Å². The molecule has 5 nitrogen and oxygen atoms in total. The van der Waals surface area contributed by atoms with Crippen molar-refractivity contribution in [3.8, 4) is 5.75 Å². The number of amides is 2. The molecular weight excluding hydrogens is 309 g/mol. The molecule has 24 heavy (non-hydrogen) atoms. The van der Waals surface area contributed by atoms with Gasteiger partial charge in [0.1, 0.15) is 6.61 Å². The van der Waals surface area contributed by atoms with E-state index < -0.39 is 5.82 Å². The highest BCUT2D eigenvalue weighted by Crippen LogP contribution is 2.16. The zero-order valence-corrected chi connectivity index (χ0v) is 13.8. The summed E-state index contributed by atoms with van der Waals surface area (Å²) < 4.78 is 18.9. The molecule has 1 heterocycles. The van der Waals surface area contributed by atoms with Crippen LogP contribution in [0.25, 0.3) is 0 Å². The van der Waals surface area contributed by atoms with E-state index in [0.29, 0.717) is 0 Å². The van der Waals surface area contributed by atoms with E-state index >= 15 is 0 Å². The lowest BCUT2D eigenvalue weighted by molar-refractivity contribution is 0.221. The third kappa shape index (κ3) is 5.22. The van der Waals surface area contributed by atoms with Crippen LogP contribution in [0, 0.1) is 5.82 Å². The summed E-state index contributed by atoms with van der Waals surface area (Å²) in [4.78, 5) is 16.1. The molecule has 2 amide bonds. The average molecular weight is 331 g/mol. The normalized spacial score (nSPS) is 13.0. The molecular formula is C18H22FN3O2. The summed E-state index contributed by atoms with van der Waals surface area (Å²) in [7, 11) is 0. The number of urea groups is 1. The average Bonchev–Trinajstić information content (AvgIpc) is 2.59. The summed E-state index contributed by atoms with van der Waals surface area (Å²) >= 11 is 0. The van der Waals surface area contributed by atoms with E-state index in [1.165, 1.54) is 6.07 Å². The first kappa shape index (κ1) is 17.7. The second-order valence-electron chi connectivity index (χ2n) is 5.50. The van der Waals surface area contributed by atoms with Gasteiger partial charge in [0.25, 0.3) is 0 Å². The highest BCUT2D eigenvalue weighted by atomic mass is 19.1. The summed E-state index contributed by atoms with van der Waals surface area (Å²) in [6, 6.07) is 9.29. The quantitative estimate of drug-likeness (QED) is 0.817. The molecule has 6 heteroatoms. The Morgan fingerprint density at radius 3 is 2.58 bits per heavy atom. The van der Waals surface area contributed by atoms with Gasteiger partial charge >= 0.3 is 6.03 Å². The van der Waals surface area contributed by atoms with E-state index in [1.54, 1.807) is 37.5 Å². The van der Waals surface area contributed by atoms with Crippen molar-refractivity contribution < 1.29 is 13.9 Å². The van der Waals surface area contributed by atoms with Crippen LogP contribution in [0.3, 0.4) is 0 Å². The molecule has 2 atom stereocenters. The second kappa shape index (κ2) is 8.86. The van der Waals surface area contributed by atoms with Gasteiger partial charge in [-0.3, -0.25) is 4.98 Å². The topological polar surface area (TPSA) is 63.2 Å². The predicted molar refractivity (Wildman–Crippen MR) is 90.3 cm³/mol. The molecule has 0 aliphatic heterocycles. The number of carbonyl (C=O) groups excluding carboxylic acids is 1. The lowest BCUT2D eigenvalue weighted by Crippen LogP contribution is -2.44. The molecule has 1 aromatic heterocycles. The van der Waals surface area contributed by atoms with Crippen molar-refractivity contribution in [3.63, 3.8) is 0 Å². The monoisotopic (exact) mass is 331 g/mol. The third-order valence-corrected chi connectivity index (χ3v) is 3.53. The van der Waals surface area contributed by atoms with Crippen molar-refractivity contribution >= 4 is 6.03 Å². The van der Waals surface area contributed by atoms with Gasteiger partial charge in [0.2, 0.25) is 0 Å². The fraction of sp³-hybridized carbons (Fsp3) is 0.333. The maximum absolute atomic E-state index is 13.5. The molecule has 128 valence electrons. The van der Waals surface area contributed by atoms with Crippen LogP contribution in [0.4, 0.5) is 9.18 Å². The van der Waals surface area contributed by atoms with E-state index in [4.69, 9.17) is 4.74 Å². The number of nitrogens with zero attached hydrogens (tertiary/aromatic N) is 1. The number of halogens is 1. The maximum atomic E-state index is 13.5. The van der Waals surface area contributed by atoms with Crippen LogP contribution in [-0.2, 0) is 0 Å². The SMILES string of the molecule is CC[C@H](NC(=O)N[C@H](C)COc1ccccc1F)c1ccncc1. The van der Waals surface area contributed by atoms with Crippen LogP contribution in [0.1, 0.15) is 31.9 Å². The molecule has 0 saturated heterocycles. The summed E-state index contributed by atoms with van der Waals surface area (Å²) in [6.45, 7) is 3.98. The molecule has 2 rings (SSSR count). The minimum Gasteiger partial charge on any atom is -0.488 e. The lowest BCUT2D eigenvalue weighted by Gasteiger charge is -2.20. The maximum Gasteiger partial charge on any atom is 0.315 e. The van der Waals surface area contributed by atoms with Crippen molar-refractivity contribution in [2.75, 3.05) is 6.61 Å². The molecule has 0 aliphatic carbocycles. The number of ether oxygens (including phenoxy) is 1. The molecule has 0 fully saturated rings. The van der Waals surface area contributed by atoms with E-state index in [9.17, 15) is 9.18 Å².